The third-order valence-corrected chi connectivity index (χ3v) is 5.52. The van der Waals surface area contributed by atoms with Gasteiger partial charge >= 0.3 is 6.03 Å². The van der Waals surface area contributed by atoms with Gasteiger partial charge in [-0.2, -0.15) is 0 Å². The third kappa shape index (κ3) is 5.36. The normalized spacial score (nSPS) is 12.0. The van der Waals surface area contributed by atoms with Crippen LogP contribution < -0.4 is 16.4 Å². The van der Waals surface area contributed by atoms with Gasteiger partial charge in [-0.25, -0.2) is 4.79 Å². The Hall–Kier alpha value is -1.84. The van der Waals surface area contributed by atoms with Gasteiger partial charge in [-0.1, -0.05) is 54.6 Å². The highest BCUT2D eigenvalue weighted by atomic mass is 35.5. The first-order valence-electron chi connectivity index (χ1n) is 6.98. The Morgan fingerprint density at radius 3 is 2.71 bits per heavy atom. The largest absolute Gasteiger partial charge is 0.351 e. The van der Waals surface area contributed by atoms with Gasteiger partial charge in [0, 0.05) is 10.7 Å². The number of benzene rings is 1. The van der Waals surface area contributed by atoms with E-state index in [2.05, 4.69) is 20.8 Å². The van der Waals surface area contributed by atoms with Gasteiger partial charge < -0.3 is 11.1 Å². The average Bonchev–Trinajstić information content (AvgIpc) is 2.91. The van der Waals surface area contributed by atoms with Crippen LogP contribution in [0.2, 0.25) is 5.02 Å². The Kier molecular flexibility index (Phi) is 6.41. The summed E-state index contributed by atoms with van der Waals surface area (Å²) in [6, 6.07) is 6.36. The maximum absolute atomic E-state index is 12.0. The molecule has 1 aromatic heterocycles. The molecule has 0 unspecified atom stereocenters. The van der Waals surface area contributed by atoms with E-state index in [-0.39, 0.29) is 5.92 Å². The van der Waals surface area contributed by atoms with Crippen LogP contribution in [0.1, 0.15) is 13.8 Å². The molecule has 0 aliphatic heterocycles. The number of hydrogen-bond acceptors (Lipinski definition) is 7. The standard InChI is InChI=1S/C14H16ClN5O2S2/c1-7(2)10(11(21)18-12(16)22)23-14-20-19-13(24-14)17-9-5-3-4-8(15)6-9/h3-7,10H,1-2H3,(H,17,19)(H3,16,18,21,22)/t10-/m1/s1. The van der Waals surface area contributed by atoms with Crippen LogP contribution in [-0.4, -0.2) is 27.4 Å². The molecule has 1 aromatic carbocycles. The highest BCUT2D eigenvalue weighted by Crippen LogP contribution is 2.33. The second-order valence-corrected chi connectivity index (χ2v) is 7.95. The lowest BCUT2D eigenvalue weighted by molar-refractivity contribution is -0.120. The molecule has 0 saturated heterocycles. The number of halogens is 1. The van der Waals surface area contributed by atoms with Gasteiger partial charge in [0.1, 0.15) is 0 Å². The Bertz CT molecular complexity index is 737. The molecule has 2 rings (SSSR count). The lowest BCUT2D eigenvalue weighted by Crippen LogP contribution is -2.42. The number of rotatable bonds is 6. The summed E-state index contributed by atoms with van der Waals surface area (Å²) in [6.07, 6.45) is 0. The summed E-state index contributed by atoms with van der Waals surface area (Å²) >= 11 is 8.48. The Morgan fingerprint density at radius 1 is 1.33 bits per heavy atom. The fraction of sp³-hybridized carbons (Fsp3) is 0.286. The number of primary amides is 1. The fourth-order valence-corrected chi connectivity index (χ4v) is 3.96. The van der Waals surface area contributed by atoms with E-state index in [9.17, 15) is 9.59 Å². The number of amides is 3. The predicted molar refractivity (Wildman–Crippen MR) is 96.9 cm³/mol. The second kappa shape index (κ2) is 8.32. The number of nitrogens with zero attached hydrogens (tertiary/aromatic N) is 2. The van der Waals surface area contributed by atoms with Crippen LogP contribution in [0.4, 0.5) is 15.6 Å². The van der Waals surface area contributed by atoms with Crippen LogP contribution in [0, 0.1) is 5.92 Å². The maximum atomic E-state index is 12.0. The maximum Gasteiger partial charge on any atom is 0.318 e. The number of hydrogen-bond donors (Lipinski definition) is 3. The first-order chi connectivity index (χ1) is 11.3. The molecule has 24 heavy (non-hydrogen) atoms. The van der Waals surface area contributed by atoms with Crippen molar-refractivity contribution < 1.29 is 9.59 Å². The highest BCUT2D eigenvalue weighted by molar-refractivity contribution is 8.02. The van der Waals surface area contributed by atoms with Crippen molar-refractivity contribution >= 4 is 57.5 Å². The van der Waals surface area contributed by atoms with Gasteiger partial charge in [0.15, 0.2) is 4.34 Å². The number of aromatic nitrogens is 2. The first kappa shape index (κ1) is 18.5. The first-order valence-corrected chi connectivity index (χ1v) is 9.05. The van der Waals surface area contributed by atoms with E-state index in [1.165, 1.54) is 23.1 Å². The summed E-state index contributed by atoms with van der Waals surface area (Å²) in [4.78, 5) is 22.9. The Balaban J connectivity index is 2.05. The number of imide groups is 1. The zero-order chi connectivity index (χ0) is 17.7. The van der Waals surface area contributed by atoms with E-state index >= 15 is 0 Å². The van der Waals surface area contributed by atoms with Gasteiger partial charge in [-0.3, -0.25) is 10.1 Å². The number of nitrogens with one attached hydrogen (secondary N) is 2. The smallest absolute Gasteiger partial charge is 0.318 e. The average molecular weight is 386 g/mol. The predicted octanol–water partition coefficient (Wildman–Crippen LogP) is 3.25. The third-order valence-electron chi connectivity index (χ3n) is 2.82. The molecule has 10 heteroatoms. The number of carbonyl (C=O) groups is 2. The molecule has 2 aromatic rings. The fourth-order valence-electron chi connectivity index (χ4n) is 1.79. The minimum Gasteiger partial charge on any atom is -0.351 e. The van der Waals surface area contributed by atoms with Gasteiger partial charge in [0.2, 0.25) is 11.0 Å². The number of thioether (sulfide) groups is 1. The van der Waals surface area contributed by atoms with E-state index in [1.54, 1.807) is 12.1 Å². The Morgan fingerprint density at radius 2 is 2.08 bits per heavy atom. The van der Waals surface area contributed by atoms with Crippen molar-refractivity contribution in [2.45, 2.75) is 23.4 Å². The van der Waals surface area contributed by atoms with Gasteiger partial charge in [-0.15, -0.1) is 10.2 Å². The molecule has 0 bridgehead atoms. The van der Waals surface area contributed by atoms with E-state index in [0.717, 1.165) is 5.69 Å². The SMILES string of the molecule is CC(C)[C@@H](Sc1nnc(Nc2cccc(Cl)c2)s1)C(=O)NC(N)=O. The van der Waals surface area contributed by atoms with Crippen molar-refractivity contribution in [1.29, 1.82) is 0 Å². The second-order valence-electron chi connectivity index (χ2n) is 5.14. The molecule has 1 atom stereocenters. The topological polar surface area (TPSA) is 110 Å². The molecular weight excluding hydrogens is 370 g/mol. The van der Waals surface area contributed by atoms with Gasteiger partial charge in [-0.05, 0) is 24.1 Å². The Labute approximate surface area is 152 Å². The van der Waals surface area contributed by atoms with Crippen molar-refractivity contribution in [3.05, 3.63) is 29.3 Å². The molecule has 4 N–H and O–H groups in total. The van der Waals surface area contributed by atoms with E-state index in [4.69, 9.17) is 17.3 Å². The van der Waals surface area contributed by atoms with Crippen LogP contribution in [0.15, 0.2) is 28.6 Å². The van der Waals surface area contributed by atoms with Crippen LogP contribution >= 0.6 is 34.7 Å². The summed E-state index contributed by atoms with van der Waals surface area (Å²) in [6.45, 7) is 3.76. The van der Waals surface area contributed by atoms with Crippen molar-refractivity contribution in [1.82, 2.24) is 15.5 Å². The molecule has 3 amide bonds. The van der Waals surface area contributed by atoms with E-state index < -0.39 is 17.2 Å². The number of anilines is 2. The van der Waals surface area contributed by atoms with Crippen LogP contribution in [0.5, 0.6) is 0 Å². The molecule has 0 aliphatic rings. The summed E-state index contributed by atoms with van der Waals surface area (Å²) in [5.74, 6) is -0.454. The van der Waals surface area contributed by atoms with Gasteiger partial charge in [0.05, 0.1) is 5.25 Å². The number of carbonyl (C=O) groups excluding carboxylic acids is 2. The highest BCUT2D eigenvalue weighted by Gasteiger charge is 2.26. The number of urea groups is 1. The van der Waals surface area contributed by atoms with Crippen LogP contribution in [0.25, 0.3) is 0 Å². The lowest BCUT2D eigenvalue weighted by Gasteiger charge is -2.16. The molecule has 0 radical (unpaired) electrons. The van der Waals surface area contributed by atoms with Crippen molar-refractivity contribution in [2.75, 3.05) is 5.32 Å². The summed E-state index contributed by atoms with van der Waals surface area (Å²) in [7, 11) is 0. The molecule has 0 fully saturated rings. The minimum absolute atomic E-state index is 0.0115. The quantitative estimate of drug-likeness (QED) is 0.658. The summed E-state index contributed by atoms with van der Waals surface area (Å²) in [5, 5.41) is 14.0. The van der Waals surface area contributed by atoms with Crippen LogP contribution in [0.3, 0.4) is 0 Å². The van der Waals surface area contributed by atoms with E-state index in [0.29, 0.717) is 14.5 Å². The molecule has 128 valence electrons. The van der Waals surface area contributed by atoms with Crippen LogP contribution in [-0.2, 0) is 4.79 Å². The van der Waals surface area contributed by atoms with E-state index in [1.807, 2.05) is 26.0 Å². The monoisotopic (exact) mass is 385 g/mol. The lowest BCUT2D eigenvalue weighted by atomic mass is 10.1. The molecule has 0 aliphatic carbocycles. The summed E-state index contributed by atoms with van der Waals surface area (Å²) in [5.41, 5.74) is 5.79. The van der Waals surface area contributed by atoms with Crippen molar-refractivity contribution in [2.24, 2.45) is 11.7 Å². The minimum atomic E-state index is -0.869. The van der Waals surface area contributed by atoms with Crippen molar-refractivity contribution in [3.8, 4) is 0 Å². The summed E-state index contributed by atoms with van der Waals surface area (Å²) < 4.78 is 0.609. The molecular formula is C14H16ClN5O2S2. The zero-order valence-corrected chi connectivity index (χ0v) is 15.3. The van der Waals surface area contributed by atoms with Gasteiger partial charge in [0.25, 0.3) is 0 Å². The number of nitrogens with two attached hydrogens (primary N) is 1. The zero-order valence-electron chi connectivity index (χ0n) is 12.9. The van der Waals surface area contributed by atoms with Crippen molar-refractivity contribution in [3.63, 3.8) is 0 Å². The molecule has 1 heterocycles. The molecule has 7 nitrogen and oxygen atoms in total. The molecule has 0 spiro atoms. The molecule has 0 saturated carbocycles.